The van der Waals surface area contributed by atoms with E-state index in [4.69, 9.17) is 11.5 Å². The molecule has 10 N–H and O–H groups in total. The second kappa shape index (κ2) is 13.0. The molecular weight excluding hydrogens is 813 g/mol. The van der Waals surface area contributed by atoms with Gasteiger partial charge in [0.15, 0.2) is 5.75 Å². The summed E-state index contributed by atoms with van der Waals surface area (Å²) in [6.07, 6.45) is 0. The molecule has 0 saturated carbocycles. The van der Waals surface area contributed by atoms with Gasteiger partial charge in [-0.1, -0.05) is 30.3 Å². The van der Waals surface area contributed by atoms with E-state index in [0.717, 1.165) is 6.07 Å². The molecular formula is C26H20N6O16S5. The molecule has 53 heavy (non-hydrogen) atoms. The maximum atomic E-state index is 12.4. The fraction of sp³-hybridized carbons (Fsp3) is 0. The maximum absolute atomic E-state index is 12.4. The zero-order chi connectivity index (χ0) is 39.6. The fourth-order valence-corrected chi connectivity index (χ4v) is 8.39. The number of hydrogen-bond donors (Lipinski definition) is 8. The number of nitrogens with zero attached hydrogens (tertiary/aromatic N) is 4. The smallest absolute Gasteiger partial charge is 0.297 e. The number of phenols is 1. The third-order valence-corrected chi connectivity index (χ3v) is 11.6. The number of azo groups is 2. The van der Waals surface area contributed by atoms with Crippen molar-refractivity contribution in [1.29, 1.82) is 0 Å². The molecule has 0 unspecified atom stereocenters. The summed E-state index contributed by atoms with van der Waals surface area (Å²) in [5.41, 5.74) is 5.72. The number of nitrogen functional groups attached to an aromatic ring is 2. The standard InChI is InChI=1S/C26H20N6O16S5/c27-14-9-18(50(37,38)39)16(10-17(14)49(34,35)36)30-31-23-19(51(40,41)42)7-12-8-20(52(43,44)45)24(25(33)21(12)22(23)28)32-29-15-6-5-11-3-1-2-4-13(11)26(15)53(46,47)48/h1-10,33H,27-28H2,(H,34,35,36)(H,37,38,39)(H,40,41,42)(H,43,44,45)(H,46,47,48). The van der Waals surface area contributed by atoms with Crippen LogP contribution in [0.4, 0.5) is 34.1 Å². The van der Waals surface area contributed by atoms with E-state index in [2.05, 4.69) is 20.5 Å². The van der Waals surface area contributed by atoms with Crippen LogP contribution in [-0.2, 0) is 50.6 Å². The molecule has 0 spiro atoms. The predicted molar refractivity (Wildman–Crippen MR) is 182 cm³/mol. The van der Waals surface area contributed by atoms with E-state index in [1.165, 1.54) is 24.3 Å². The molecule has 0 aromatic heterocycles. The lowest BCUT2D eigenvalue weighted by atomic mass is 10.1. The Labute approximate surface area is 297 Å². The minimum absolute atomic E-state index is 0.0526. The number of rotatable bonds is 9. The molecule has 0 amide bonds. The highest BCUT2D eigenvalue weighted by Gasteiger charge is 2.29. The van der Waals surface area contributed by atoms with Crippen molar-refractivity contribution < 1.29 is 70.0 Å². The summed E-state index contributed by atoms with van der Waals surface area (Å²) in [4.78, 5) is -5.73. The van der Waals surface area contributed by atoms with Crippen molar-refractivity contribution in [2.75, 3.05) is 11.5 Å². The van der Waals surface area contributed by atoms with Crippen LogP contribution in [0.2, 0.25) is 0 Å². The normalized spacial score (nSPS) is 13.5. The summed E-state index contributed by atoms with van der Waals surface area (Å²) in [5.74, 6) is -1.30. The van der Waals surface area contributed by atoms with Crippen molar-refractivity contribution in [3.63, 3.8) is 0 Å². The zero-order valence-corrected chi connectivity index (χ0v) is 29.6. The van der Waals surface area contributed by atoms with Crippen LogP contribution in [0.15, 0.2) is 106 Å². The molecule has 27 heteroatoms. The second-order valence-electron chi connectivity index (χ2n) is 10.6. The average Bonchev–Trinajstić information content (AvgIpc) is 3.01. The van der Waals surface area contributed by atoms with Crippen molar-refractivity contribution in [2.24, 2.45) is 20.5 Å². The molecule has 280 valence electrons. The summed E-state index contributed by atoms with van der Waals surface area (Å²) in [6, 6.07) is 9.78. The Hall–Kier alpha value is -5.23. The topological polar surface area (TPSA) is 394 Å². The summed E-state index contributed by atoms with van der Waals surface area (Å²) in [7, 11) is -26.4. The Morgan fingerprint density at radius 1 is 0.491 bits per heavy atom. The van der Waals surface area contributed by atoms with Crippen LogP contribution in [-0.4, -0.2) is 70.0 Å². The molecule has 5 aromatic rings. The number of benzene rings is 5. The van der Waals surface area contributed by atoms with E-state index < -0.39 is 126 Å². The highest BCUT2D eigenvalue weighted by molar-refractivity contribution is 7.87. The van der Waals surface area contributed by atoms with Crippen molar-refractivity contribution >= 4 is 106 Å². The first-order chi connectivity index (χ1) is 24.2. The lowest BCUT2D eigenvalue weighted by Gasteiger charge is -2.14. The van der Waals surface area contributed by atoms with Gasteiger partial charge in [-0.2, -0.15) is 42.1 Å². The molecule has 0 bridgehead atoms. The summed E-state index contributed by atoms with van der Waals surface area (Å²) in [6.45, 7) is 0. The van der Waals surface area contributed by atoms with Gasteiger partial charge < -0.3 is 16.6 Å². The van der Waals surface area contributed by atoms with E-state index in [1.54, 1.807) is 6.07 Å². The van der Waals surface area contributed by atoms with Gasteiger partial charge in [0.05, 0.1) is 16.8 Å². The highest BCUT2D eigenvalue weighted by Crippen LogP contribution is 2.49. The number of nitrogens with two attached hydrogens (primary N) is 2. The van der Waals surface area contributed by atoms with Crippen LogP contribution in [0.1, 0.15) is 0 Å². The lowest BCUT2D eigenvalue weighted by molar-refractivity contribution is 0.472. The van der Waals surface area contributed by atoms with Crippen LogP contribution < -0.4 is 11.5 Å². The molecule has 0 radical (unpaired) electrons. The monoisotopic (exact) mass is 832 g/mol. The molecule has 0 aliphatic carbocycles. The van der Waals surface area contributed by atoms with Crippen molar-refractivity contribution in [1.82, 2.24) is 0 Å². The number of anilines is 2. The van der Waals surface area contributed by atoms with Gasteiger partial charge in [0.1, 0.15) is 47.2 Å². The van der Waals surface area contributed by atoms with Crippen LogP contribution >= 0.6 is 0 Å². The third-order valence-electron chi connectivity index (χ3n) is 7.15. The molecule has 0 aliphatic heterocycles. The highest BCUT2D eigenvalue weighted by atomic mass is 32.2. The minimum Gasteiger partial charge on any atom is -0.505 e. The molecule has 22 nitrogen and oxygen atoms in total. The summed E-state index contributed by atoms with van der Waals surface area (Å²) in [5, 5.41) is 24.3. The van der Waals surface area contributed by atoms with Gasteiger partial charge in [0.2, 0.25) is 0 Å². The van der Waals surface area contributed by atoms with Crippen LogP contribution in [0.25, 0.3) is 21.5 Å². The van der Waals surface area contributed by atoms with E-state index >= 15 is 0 Å². The molecule has 0 heterocycles. The van der Waals surface area contributed by atoms with Crippen LogP contribution in [0.3, 0.4) is 0 Å². The quantitative estimate of drug-likeness (QED) is 0.0592. The molecule has 0 atom stereocenters. The van der Waals surface area contributed by atoms with Crippen molar-refractivity contribution in [3.8, 4) is 5.75 Å². The Kier molecular flexibility index (Phi) is 9.57. The number of phenolic OH excluding ortho intramolecular Hbond substituents is 1. The van der Waals surface area contributed by atoms with Crippen molar-refractivity contribution in [3.05, 3.63) is 60.7 Å². The number of fused-ring (bicyclic) bond motifs is 2. The second-order valence-corrected chi connectivity index (χ2v) is 17.5. The summed E-state index contributed by atoms with van der Waals surface area (Å²) >= 11 is 0. The van der Waals surface area contributed by atoms with Crippen molar-refractivity contribution in [2.45, 2.75) is 24.5 Å². The molecule has 5 aromatic carbocycles. The van der Waals surface area contributed by atoms with Gasteiger partial charge in [-0.3, -0.25) is 22.8 Å². The Morgan fingerprint density at radius 2 is 1.00 bits per heavy atom. The molecule has 0 aliphatic rings. The number of hydrogen-bond acceptors (Lipinski definition) is 17. The van der Waals surface area contributed by atoms with E-state index in [1.807, 2.05) is 0 Å². The van der Waals surface area contributed by atoms with E-state index in [9.17, 15) is 70.0 Å². The number of aromatic hydroxyl groups is 1. The van der Waals surface area contributed by atoms with E-state index in [-0.39, 0.29) is 5.39 Å². The summed E-state index contributed by atoms with van der Waals surface area (Å²) < 4.78 is 171. The van der Waals surface area contributed by atoms with Gasteiger partial charge in [0, 0.05) is 5.39 Å². The Morgan fingerprint density at radius 3 is 1.55 bits per heavy atom. The van der Waals surface area contributed by atoms with Crippen LogP contribution in [0.5, 0.6) is 5.75 Å². The first-order valence-electron chi connectivity index (χ1n) is 13.5. The SMILES string of the molecule is Nc1cc(S(=O)(=O)O)c(N=Nc2c(S(=O)(=O)O)cc3cc(S(=O)(=O)O)c(N=Nc4ccc5ccccc5c4S(=O)(=O)O)c(O)c3c2N)cc1S(=O)(=O)O. The Balaban J connectivity index is 1.84. The predicted octanol–water partition coefficient (Wildman–Crippen LogP) is 3.93. The van der Waals surface area contributed by atoms with Crippen LogP contribution in [0, 0.1) is 0 Å². The van der Waals surface area contributed by atoms with Gasteiger partial charge in [-0.15, -0.1) is 20.5 Å². The van der Waals surface area contributed by atoms with Gasteiger partial charge >= 0.3 is 0 Å². The fourth-order valence-electron chi connectivity index (χ4n) is 4.97. The maximum Gasteiger partial charge on any atom is 0.297 e. The molecule has 0 saturated heterocycles. The largest absolute Gasteiger partial charge is 0.505 e. The first kappa shape index (κ1) is 39.0. The van der Waals surface area contributed by atoms with E-state index in [0.29, 0.717) is 29.7 Å². The molecule has 0 fully saturated rings. The van der Waals surface area contributed by atoms with Gasteiger partial charge in [0.25, 0.3) is 50.6 Å². The third kappa shape index (κ3) is 7.64. The molecule has 5 rings (SSSR count). The lowest BCUT2D eigenvalue weighted by Crippen LogP contribution is -2.06. The zero-order valence-electron chi connectivity index (χ0n) is 25.5. The van der Waals surface area contributed by atoms with Gasteiger partial charge in [-0.05, 0) is 41.1 Å². The minimum atomic E-state index is -5.46. The van der Waals surface area contributed by atoms with Gasteiger partial charge in [-0.25, -0.2) is 0 Å². The average molecular weight is 833 g/mol. The first-order valence-corrected chi connectivity index (χ1v) is 20.7. The Bertz CT molecular complexity index is 3060.